The summed E-state index contributed by atoms with van der Waals surface area (Å²) in [5, 5.41) is 0. The quantitative estimate of drug-likeness (QED) is 0.532. The average Bonchev–Trinajstić information content (AvgIpc) is 2.03. The average molecular weight is 159 g/mol. The van der Waals surface area contributed by atoms with Crippen molar-refractivity contribution in [3.05, 3.63) is 0 Å². The number of hydrogen-bond acceptors (Lipinski definition) is 4. The van der Waals surface area contributed by atoms with Crippen molar-refractivity contribution in [2.45, 2.75) is 25.0 Å². The van der Waals surface area contributed by atoms with Gasteiger partial charge in [-0.1, -0.05) is 0 Å². The van der Waals surface area contributed by atoms with Gasteiger partial charge in [-0.2, -0.15) is 0 Å². The van der Waals surface area contributed by atoms with Gasteiger partial charge >= 0.3 is 5.97 Å². The second kappa shape index (κ2) is 3.69. The monoisotopic (exact) mass is 159 g/mol. The van der Waals surface area contributed by atoms with Gasteiger partial charge in [-0.15, -0.1) is 0 Å². The van der Waals surface area contributed by atoms with Gasteiger partial charge in [-0.05, 0) is 12.8 Å². The topological polar surface area (TPSA) is 61.5 Å². The van der Waals surface area contributed by atoms with Crippen molar-refractivity contribution >= 4 is 5.97 Å². The van der Waals surface area contributed by atoms with Crippen molar-refractivity contribution in [2.24, 2.45) is 5.73 Å². The van der Waals surface area contributed by atoms with Crippen molar-refractivity contribution in [3.63, 3.8) is 0 Å². The molecule has 1 heterocycles. The summed E-state index contributed by atoms with van der Waals surface area (Å²) in [7, 11) is 1.35. The highest BCUT2D eigenvalue weighted by Gasteiger charge is 2.26. The Bertz CT molecular complexity index is 149. The summed E-state index contributed by atoms with van der Waals surface area (Å²) < 4.78 is 9.67. The molecular formula is C7H13NO3. The van der Waals surface area contributed by atoms with E-state index in [9.17, 15) is 4.79 Å². The van der Waals surface area contributed by atoms with Gasteiger partial charge < -0.3 is 15.2 Å². The number of ether oxygens (including phenoxy) is 2. The third-order valence-electron chi connectivity index (χ3n) is 1.79. The molecule has 0 unspecified atom stereocenters. The molecule has 0 aromatic rings. The lowest BCUT2D eigenvalue weighted by Crippen LogP contribution is -2.39. The molecule has 0 saturated carbocycles. The molecule has 2 N–H and O–H groups in total. The zero-order chi connectivity index (χ0) is 8.27. The molecule has 1 aliphatic rings. The predicted molar refractivity (Wildman–Crippen MR) is 39.0 cm³/mol. The molecular weight excluding hydrogens is 146 g/mol. The summed E-state index contributed by atoms with van der Waals surface area (Å²) in [5.41, 5.74) is 5.63. The highest BCUT2D eigenvalue weighted by atomic mass is 16.6. The molecule has 0 spiro atoms. The Labute approximate surface area is 65.7 Å². The van der Waals surface area contributed by atoms with E-state index in [1.165, 1.54) is 7.11 Å². The lowest BCUT2D eigenvalue weighted by Gasteiger charge is -2.24. The fourth-order valence-corrected chi connectivity index (χ4v) is 1.12. The summed E-state index contributed by atoms with van der Waals surface area (Å²) in [6.45, 7) is 0.556. The van der Waals surface area contributed by atoms with Crippen LogP contribution in [0.4, 0.5) is 0 Å². The second-order valence-corrected chi connectivity index (χ2v) is 2.67. The van der Waals surface area contributed by atoms with Crippen molar-refractivity contribution in [3.8, 4) is 0 Å². The summed E-state index contributed by atoms with van der Waals surface area (Å²) in [6.07, 6.45) is 0.962. The molecule has 1 rings (SSSR count). The molecule has 0 aliphatic carbocycles. The van der Waals surface area contributed by atoms with Crippen molar-refractivity contribution < 1.29 is 14.3 Å². The van der Waals surface area contributed by atoms with Crippen LogP contribution >= 0.6 is 0 Å². The van der Waals surface area contributed by atoms with Crippen LogP contribution in [0.25, 0.3) is 0 Å². The summed E-state index contributed by atoms with van der Waals surface area (Å²) in [6, 6.07) is 0.0767. The first-order valence-electron chi connectivity index (χ1n) is 3.69. The third kappa shape index (κ3) is 2.17. The van der Waals surface area contributed by atoms with Crippen LogP contribution in [0.5, 0.6) is 0 Å². The number of carbonyl (C=O) groups is 1. The van der Waals surface area contributed by atoms with E-state index in [1.54, 1.807) is 0 Å². The number of hydrogen-bond donors (Lipinski definition) is 1. The van der Waals surface area contributed by atoms with Crippen LogP contribution in [0.2, 0.25) is 0 Å². The summed E-state index contributed by atoms with van der Waals surface area (Å²) >= 11 is 0. The van der Waals surface area contributed by atoms with Gasteiger partial charge in [-0.3, -0.25) is 0 Å². The Hall–Kier alpha value is -0.610. The molecule has 1 saturated heterocycles. The Kier molecular flexibility index (Phi) is 2.84. The van der Waals surface area contributed by atoms with E-state index in [-0.39, 0.29) is 12.0 Å². The van der Waals surface area contributed by atoms with Crippen LogP contribution in [0, 0.1) is 0 Å². The van der Waals surface area contributed by atoms with E-state index in [0.29, 0.717) is 13.0 Å². The van der Waals surface area contributed by atoms with Crippen LogP contribution < -0.4 is 5.73 Å². The van der Waals surface area contributed by atoms with Crippen LogP contribution in [0.3, 0.4) is 0 Å². The van der Waals surface area contributed by atoms with Gasteiger partial charge in [0.05, 0.1) is 7.11 Å². The van der Waals surface area contributed by atoms with E-state index in [4.69, 9.17) is 10.5 Å². The molecule has 2 atom stereocenters. The fraction of sp³-hybridized carbons (Fsp3) is 0.857. The van der Waals surface area contributed by atoms with Gasteiger partial charge in [-0.25, -0.2) is 4.79 Å². The minimum atomic E-state index is -0.441. The Morgan fingerprint density at radius 3 is 3.00 bits per heavy atom. The number of nitrogens with two attached hydrogens (primary N) is 1. The molecule has 4 nitrogen and oxygen atoms in total. The van der Waals surface area contributed by atoms with Gasteiger partial charge in [0.2, 0.25) is 0 Å². The maximum Gasteiger partial charge on any atom is 0.335 e. The maximum atomic E-state index is 10.9. The Morgan fingerprint density at radius 1 is 1.73 bits per heavy atom. The molecule has 11 heavy (non-hydrogen) atoms. The first-order valence-corrected chi connectivity index (χ1v) is 3.69. The maximum absolute atomic E-state index is 10.9. The Morgan fingerprint density at radius 2 is 2.45 bits per heavy atom. The number of methoxy groups -OCH3 is 1. The molecule has 0 aromatic carbocycles. The van der Waals surface area contributed by atoms with Crippen LogP contribution in [-0.4, -0.2) is 31.8 Å². The SMILES string of the molecule is COC(=O)[C@@H]1C[C@@H](N)CCO1. The summed E-state index contributed by atoms with van der Waals surface area (Å²) in [4.78, 5) is 10.9. The normalized spacial score (nSPS) is 31.5. The standard InChI is InChI=1S/C7H13NO3/c1-10-7(9)6-4-5(8)2-3-11-6/h5-6H,2-4,8H2,1H3/t5-,6-/m0/s1. The minimum absolute atomic E-state index is 0.0767. The van der Waals surface area contributed by atoms with Crippen LogP contribution in [0.1, 0.15) is 12.8 Å². The van der Waals surface area contributed by atoms with E-state index in [2.05, 4.69) is 4.74 Å². The molecule has 0 aromatic heterocycles. The minimum Gasteiger partial charge on any atom is -0.467 e. The number of carbonyl (C=O) groups excluding carboxylic acids is 1. The van der Waals surface area contributed by atoms with Gasteiger partial charge in [0.15, 0.2) is 6.10 Å². The van der Waals surface area contributed by atoms with Crippen molar-refractivity contribution in [1.82, 2.24) is 0 Å². The lowest BCUT2D eigenvalue weighted by molar-refractivity contribution is -0.157. The zero-order valence-corrected chi connectivity index (χ0v) is 6.58. The van der Waals surface area contributed by atoms with Gasteiger partial charge in [0.25, 0.3) is 0 Å². The smallest absolute Gasteiger partial charge is 0.335 e. The second-order valence-electron chi connectivity index (χ2n) is 2.67. The third-order valence-corrected chi connectivity index (χ3v) is 1.79. The van der Waals surface area contributed by atoms with Gasteiger partial charge in [0.1, 0.15) is 0 Å². The van der Waals surface area contributed by atoms with Crippen LogP contribution in [0.15, 0.2) is 0 Å². The molecule has 0 amide bonds. The van der Waals surface area contributed by atoms with Gasteiger partial charge in [0, 0.05) is 12.6 Å². The number of esters is 1. The molecule has 0 bridgehead atoms. The van der Waals surface area contributed by atoms with E-state index < -0.39 is 6.10 Å². The zero-order valence-electron chi connectivity index (χ0n) is 6.58. The highest BCUT2D eigenvalue weighted by Crippen LogP contribution is 2.12. The summed E-state index contributed by atoms with van der Waals surface area (Å²) in [5.74, 6) is -0.319. The predicted octanol–water partition coefficient (Wildman–Crippen LogP) is -0.334. The molecule has 4 heteroatoms. The number of rotatable bonds is 1. The highest BCUT2D eigenvalue weighted by molar-refractivity contribution is 5.74. The lowest BCUT2D eigenvalue weighted by atomic mass is 10.0. The largest absolute Gasteiger partial charge is 0.467 e. The Balaban J connectivity index is 2.39. The van der Waals surface area contributed by atoms with E-state index in [1.807, 2.05) is 0 Å². The molecule has 0 radical (unpaired) electrons. The first-order chi connectivity index (χ1) is 5.24. The molecule has 64 valence electrons. The first kappa shape index (κ1) is 8.49. The molecule has 1 aliphatic heterocycles. The molecule has 1 fully saturated rings. The van der Waals surface area contributed by atoms with E-state index in [0.717, 1.165) is 6.42 Å². The van der Waals surface area contributed by atoms with Crippen molar-refractivity contribution in [2.75, 3.05) is 13.7 Å². The van der Waals surface area contributed by atoms with Crippen molar-refractivity contribution in [1.29, 1.82) is 0 Å². The van der Waals surface area contributed by atoms with E-state index >= 15 is 0 Å². The van der Waals surface area contributed by atoms with Crippen LogP contribution in [-0.2, 0) is 14.3 Å². The fourth-order valence-electron chi connectivity index (χ4n) is 1.12.